The maximum atomic E-state index is 12.4. The lowest BCUT2D eigenvalue weighted by Gasteiger charge is -2.18. The van der Waals surface area contributed by atoms with Gasteiger partial charge in [0.2, 0.25) is 0 Å². The molecule has 0 heterocycles. The third-order valence-electron chi connectivity index (χ3n) is 9.13. The van der Waals surface area contributed by atoms with Crippen molar-refractivity contribution in [3.63, 3.8) is 0 Å². The molecule has 0 amide bonds. The molecule has 0 saturated carbocycles. The van der Waals surface area contributed by atoms with Gasteiger partial charge in [0, 0.05) is 12.8 Å². The third-order valence-corrected chi connectivity index (χ3v) is 9.62. The quantitative estimate of drug-likeness (QED) is 0.0275. The Hall–Kier alpha value is -1.73. The van der Waals surface area contributed by atoms with Crippen molar-refractivity contribution in [2.45, 2.75) is 213 Å². The van der Waals surface area contributed by atoms with E-state index in [1.807, 2.05) is 0 Å². The molecule has 0 unspecified atom stereocenters. The summed E-state index contributed by atoms with van der Waals surface area (Å²) in [5, 5.41) is 0. The molecule has 0 aromatic carbocycles. The van der Waals surface area contributed by atoms with Crippen LogP contribution in [0.4, 0.5) is 0 Å². The van der Waals surface area contributed by atoms with E-state index in [1.165, 1.54) is 103 Å². The average Bonchev–Trinajstić information content (AvgIpc) is 3.11. The summed E-state index contributed by atoms with van der Waals surface area (Å²) in [6.45, 7) is 3.65. The van der Waals surface area contributed by atoms with Crippen LogP contribution in [0.15, 0.2) is 36.5 Å². The summed E-state index contributed by atoms with van der Waals surface area (Å²) < 4.78 is 26.4. The van der Waals surface area contributed by atoms with Gasteiger partial charge < -0.3 is 19.3 Å². The molecule has 1 atom stereocenters. The Morgan fingerprint density at radius 2 is 0.865 bits per heavy atom. The minimum atomic E-state index is -4.76. The van der Waals surface area contributed by atoms with E-state index in [4.69, 9.17) is 19.3 Å². The van der Waals surface area contributed by atoms with Crippen LogP contribution in [0.5, 0.6) is 0 Å². The number of hydrogen-bond acceptors (Lipinski definition) is 6. The fraction of sp³-hybridized carbons (Fsp3) is 0.814. The first-order valence-corrected chi connectivity index (χ1v) is 22.8. The van der Waals surface area contributed by atoms with Crippen LogP contribution in [-0.2, 0) is 28.2 Å². The molecule has 0 aliphatic heterocycles. The highest BCUT2D eigenvalue weighted by Crippen LogP contribution is 2.36. The second-order valence-corrected chi connectivity index (χ2v) is 15.5. The molecule has 9 heteroatoms. The first-order chi connectivity index (χ1) is 25.3. The second-order valence-electron chi connectivity index (χ2n) is 14.3. The largest absolute Gasteiger partial charge is 0.469 e. The monoisotopic (exact) mass is 755 g/mol. The maximum Gasteiger partial charge on any atom is 0.469 e. The molecule has 2 N–H and O–H groups in total. The van der Waals surface area contributed by atoms with Crippen LogP contribution in [0, 0.1) is 0 Å². The Kier molecular flexibility index (Phi) is 37.7. The fourth-order valence-electron chi connectivity index (χ4n) is 5.93. The van der Waals surface area contributed by atoms with Crippen molar-refractivity contribution in [1.82, 2.24) is 0 Å². The third kappa shape index (κ3) is 41.0. The first-order valence-electron chi connectivity index (χ1n) is 21.3. The number of unbranched alkanes of at least 4 members (excludes halogenated alkanes) is 23. The van der Waals surface area contributed by atoms with Gasteiger partial charge in [0.1, 0.15) is 6.61 Å². The van der Waals surface area contributed by atoms with E-state index in [0.717, 1.165) is 64.2 Å². The number of esters is 2. The lowest BCUT2D eigenvalue weighted by Crippen LogP contribution is -2.29. The molecule has 0 rings (SSSR count). The summed E-state index contributed by atoms with van der Waals surface area (Å²) in [6, 6.07) is 0. The van der Waals surface area contributed by atoms with E-state index in [9.17, 15) is 14.2 Å². The first kappa shape index (κ1) is 50.3. The number of carbonyl (C=O) groups excluding carboxylic acids is 2. The van der Waals surface area contributed by atoms with Crippen molar-refractivity contribution in [2.24, 2.45) is 0 Å². The molecule has 0 aliphatic carbocycles. The van der Waals surface area contributed by atoms with E-state index in [1.54, 1.807) is 0 Å². The Morgan fingerprint density at radius 1 is 0.500 bits per heavy atom. The summed E-state index contributed by atoms with van der Waals surface area (Å²) in [6.07, 6.45) is 45.7. The summed E-state index contributed by atoms with van der Waals surface area (Å²) in [7, 11) is -4.76. The Labute approximate surface area is 319 Å². The molecule has 304 valence electrons. The van der Waals surface area contributed by atoms with Gasteiger partial charge in [0.05, 0.1) is 6.61 Å². The highest BCUT2D eigenvalue weighted by molar-refractivity contribution is 7.46. The predicted octanol–water partition coefficient (Wildman–Crippen LogP) is 13.0. The molecular formula is C43H79O8P. The van der Waals surface area contributed by atoms with Crippen molar-refractivity contribution in [2.75, 3.05) is 13.2 Å². The standard InChI is InChI=1S/C43H79O8P/c1-3-5-7-9-11-13-15-17-19-20-21-22-24-26-28-30-32-34-36-38-43(45)51-41(40-50-52(46,47)48)39-49-42(44)37-35-33-31-29-27-25-23-18-16-14-12-10-8-6-4-2/h11,13,17-19,23,41H,3-10,12,14-16,20-22,24-40H2,1-2H3,(H2,46,47,48)/b13-11+,19-17+,23-18+/t41-/m1/s1. The molecule has 0 fully saturated rings. The minimum absolute atomic E-state index is 0.206. The van der Waals surface area contributed by atoms with E-state index in [0.29, 0.717) is 12.8 Å². The minimum Gasteiger partial charge on any atom is -0.462 e. The van der Waals surface area contributed by atoms with Gasteiger partial charge in [-0.05, 0) is 70.6 Å². The SMILES string of the molecule is CCCCC/C=C/C/C=C/CCCCCCCCCCCC(=O)O[C@H](COC(=O)CCCCCCC/C=C/CCCCCCCC)COP(=O)(O)O. The van der Waals surface area contributed by atoms with Crippen LogP contribution < -0.4 is 0 Å². The van der Waals surface area contributed by atoms with Gasteiger partial charge in [-0.2, -0.15) is 0 Å². The molecule has 0 aromatic rings. The van der Waals surface area contributed by atoms with Crippen LogP contribution in [0.3, 0.4) is 0 Å². The summed E-state index contributed by atoms with van der Waals surface area (Å²) in [5.41, 5.74) is 0. The molecular weight excluding hydrogens is 675 g/mol. The van der Waals surface area contributed by atoms with Gasteiger partial charge in [-0.1, -0.05) is 159 Å². The average molecular weight is 755 g/mol. The van der Waals surface area contributed by atoms with Crippen molar-refractivity contribution in [3.8, 4) is 0 Å². The zero-order chi connectivity index (χ0) is 38.2. The molecule has 8 nitrogen and oxygen atoms in total. The number of carbonyl (C=O) groups is 2. The number of ether oxygens (including phenoxy) is 2. The molecule has 0 aliphatic rings. The molecule has 0 spiro atoms. The van der Waals surface area contributed by atoms with Crippen molar-refractivity contribution in [3.05, 3.63) is 36.5 Å². The molecule has 0 radical (unpaired) electrons. The van der Waals surface area contributed by atoms with Gasteiger partial charge >= 0.3 is 19.8 Å². The molecule has 0 saturated heterocycles. The van der Waals surface area contributed by atoms with Gasteiger partial charge in [-0.3, -0.25) is 14.1 Å². The van der Waals surface area contributed by atoms with Crippen LogP contribution in [0.1, 0.15) is 206 Å². The van der Waals surface area contributed by atoms with Crippen LogP contribution in [-0.4, -0.2) is 41.0 Å². The highest BCUT2D eigenvalue weighted by atomic mass is 31.2. The molecule has 0 aromatic heterocycles. The van der Waals surface area contributed by atoms with Crippen molar-refractivity contribution < 1.29 is 37.9 Å². The zero-order valence-corrected chi connectivity index (χ0v) is 34.4. The van der Waals surface area contributed by atoms with Crippen LogP contribution in [0.25, 0.3) is 0 Å². The van der Waals surface area contributed by atoms with Crippen molar-refractivity contribution in [1.29, 1.82) is 0 Å². The smallest absolute Gasteiger partial charge is 0.462 e. The summed E-state index contributed by atoms with van der Waals surface area (Å²) >= 11 is 0. The van der Waals surface area contributed by atoms with Gasteiger partial charge in [0.15, 0.2) is 6.10 Å². The van der Waals surface area contributed by atoms with Crippen LogP contribution >= 0.6 is 7.82 Å². The van der Waals surface area contributed by atoms with E-state index < -0.39 is 32.5 Å². The van der Waals surface area contributed by atoms with Gasteiger partial charge in [-0.25, -0.2) is 4.57 Å². The second kappa shape index (κ2) is 39.0. The van der Waals surface area contributed by atoms with Gasteiger partial charge in [0.25, 0.3) is 0 Å². The zero-order valence-electron chi connectivity index (χ0n) is 33.5. The number of phosphoric ester groups is 1. The lowest BCUT2D eigenvalue weighted by atomic mass is 10.1. The highest BCUT2D eigenvalue weighted by Gasteiger charge is 2.22. The predicted molar refractivity (Wildman–Crippen MR) is 216 cm³/mol. The molecule has 52 heavy (non-hydrogen) atoms. The van der Waals surface area contributed by atoms with E-state index in [2.05, 4.69) is 54.8 Å². The number of phosphoric acid groups is 1. The van der Waals surface area contributed by atoms with Crippen LogP contribution in [0.2, 0.25) is 0 Å². The number of rotatable bonds is 39. The normalized spacial score (nSPS) is 12.8. The Balaban J connectivity index is 3.92. The maximum absolute atomic E-state index is 12.4. The van der Waals surface area contributed by atoms with E-state index >= 15 is 0 Å². The summed E-state index contributed by atoms with van der Waals surface area (Å²) in [5.74, 6) is -0.896. The number of hydrogen-bond donors (Lipinski definition) is 2. The van der Waals surface area contributed by atoms with E-state index in [-0.39, 0.29) is 19.4 Å². The summed E-state index contributed by atoms with van der Waals surface area (Å²) in [4.78, 5) is 42.8. The topological polar surface area (TPSA) is 119 Å². The fourth-order valence-corrected chi connectivity index (χ4v) is 6.29. The van der Waals surface area contributed by atoms with Crippen molar-refractivity contribution >= 4 is 19.8 Å². The Bertz CT molecular complexity index is 941. The lowest BCUT2D eigenvalue weighted by molar-refractivity contribution is -0.161. The Morgan fingerprint density at radius 3 is 1.33 bits per heavy atom. The number of allylic oxidation sites excluding steroid dienone is 6. The molecule has 0 bridgehead atoms. The van der Waals surface area contributed by atoms with Gasteiger partial charge in [-0.15, -0.1) is 0 Å².